The Labute approximate surface area is 91.9 Å². The lowest BCUT2D eigenvalue weighted by Crippen LogP contribution is -2.24. The maximum absolute atomic E-state index is 11.2. The molecule has 1 aromatic heterocycles. The van der Waals surface area contributed by atoms with Crippen molar-refractivity contribution in [1.82, 2.24) is 14.9 Å². The first-order valence-corrected chi connectivity index (χ1v) is 5.21. The molecule has 6 heteroatoms. The van der Waals surface area contributed by atoms with Crippen LogP contribution in [0.2, 0.25) is 0 Å². The zero-order chi connectivity index (χ0) is 11.5. The second-order valence-corrected chi connectivity index (χ2v) is 3.87. The molecule has 2 heterocycles. The predicted molar refractivity (Wildman–Crippen MR) is 56.3 cm³/mol. The first-order chi connectivity index (χ1) is 7.65. The fraction of sp³-hybridized carbons (Fsp3) is 0.500. The first kappa shape index (κ1) is 10.8. The Hall–Kier alpha value is -1.69. The molecule has 1 aliphatic rings. The van der Waals surface area contributed by atoms with Gasteiger partial charge in [-0.3, -0.25) is 9.69 Å². The highest BCUT2D eigenvalue weighted by Gasteiger charge is 2.14. The minimum Gasteiger partial charge on any atom is -0.477 e. The fourth-order valence-corrected chi connectivity index (χ4v) is 1.85. The molecule has 0 radical (unpaired) electrons. The molecule has 0 saturated carbocycles. The second kappa shape index (κ2) is 4.44. The van der Waals surface area contributed by atoms with E-state index in [9.17, 15) is 9.59 Å². The smallest absolute Gasteiger partial charge is 0.354 e. The van der Waals surface area contributed by atoms with E-state index in [4.69, 9.17) is 5.11 Å². The van der Waals surface area contributed by atoms with E-state index in [1.807, 2.05) is 0 Å². The normalized spacial score (nSPS) is 16.5. The highest BCUT2D eigenvalue weighted by atomic mass is 16.4. The van der Waals surface area contributed by atoms with E-state index in [2.05, 4.69) is 14.9 Å². The number of likely N-dealkylation sites (tertiary alicyclic amines) is 1. The van der Waals surface area contributed by atoms with Crippen LogP contribution in [0.25, 0.3) is 0 Å². The van der Waals surface area contributed by atoms with Crippen molar-refractivity contribution in [3.05, 3.63) is 27.9 Å². The van der Waals surface area contributed by atoms with Crippen LogP contribution in [-0.2, 0) is 6.54 Å². The number of carboxylic acids is 1. The van der Waals surface area contributed by atoms with Gasteiger partial charge in [0, 0.05) is 6.07 Å². The van der Waals surface area contributed by atoms with Gasteiger partial charge in [-0.2, -0.15) is 0 Å². The molecule has 0 aromatic carbocycles. The Morgan fingerprint density at radius 3 is 2.81 bits per heavy atom. The van der Waals surface area contributed by atoms with Crippen LogP contribution in [0.15, 0.2) is 10.9 Å². The zero-order valence-electron chi connectivity index (χ0n) is 8.77. The molecule has 1 aromatic rings. The van der Waals surface area contributed by atoms with E-state index in [-0.39, 0.29) is 5.69 Å². The number of rotatable bonds is 3. The molecule has 1 fully saturated rings. The number of nitrogens with zero attached hydrogens (tertiary/aromatic N) is 2. The van der Waals surface area contributed by atoms with Gasteiger partial charge < -0.3 is 10.1 Å². The van der Waals surface area contributed by atoms with Gasteiger partial charge in [-0.15, -0.1) is 0 Å². The maximum atomic E-state index is 11.2. The summed E-state index contributed by atoms with van der Waals surface area (Å²) in [6.45, 7) is 2.46. The number of carbonyl (C=O) groups is 1. The average molecular weight is 223 g/mol. The Morgan fingerprint density at radius 1 is 1.50 bits per heavy atom. The molecule has 1 saturated heterocycles. The topological polar surface area (TPSA) is 86.3 Å². The Morgan fingerprint density at radius 2 is 2.19 bits per heavy atom. The Kier molecular flexibility index (Phi) is 3.00. The van der Waals surface area contributed by atoms with Gasteiger partial charge in [0.25, 0.3) is 5.56 Å². The van der Waals surface area contributed by atoms with Crippen molar-refractivity contribution in [2.24, 2.45) is 0 Å². The lowest BCUT2D eigenvalue weighted by molar-refractivity contribution is 0.0689. The van der Waals surface area contributed by atoms with E-state index in [1.54, 1.807) is 0 Å². The fourth-order valence-electron chi connectivity index (χ4n) is 1.85. The number of H-pyrrole nitrogens is 1. The van der Waals surface area contributed by atoms with Gasteiger partial charge in [0.2, 0.25) is 0 Å². The van der Waals surface area contributed by atoms with Gasteiger partial charge in [-0.1, -0.05) is 0 Å². The molecule has 0 spiro atoms. The van der Waals surface area contributed by atoms with Crippen LogP contribution >= 0.6 is 0 Å². The number of aromatic amines is 1. The molecule has 0 amide bonds. The first-order valence-electron chi connectivity index (χ1n) is 5.21. The molecule has 0 atom stereocenters. The van der Waals surface area contributed by atoms with Gasteiger partial charge in [-0.05, 0) is 25.9 Å². The minimum absolute atomic E-state index is 0.196. The van der Waals surface area contributed by atoms with Crippen LogP contribution in [0, 0.1) is 0 Å². The number of aromatic nitrogens is 2. The average Bonchev–Trinajstić information content (AvgIpc) is 2.69. The van der Waals surface area contributed by atoms with Crippen LogP contribution < -0.4 is 5.56 Å². The summed E-state index contributed by atoms with van der Waals surface area (Å²) < 4.78 is 0. The van der Waals surface area contributed by atoms with Crippen molar-refractivity contribution < 1.29 is 9.90 Å². The molecule has 0 bridgehead atoms. The largest absolute Gasteiger partial charge is 0.477 e. The second-order valence-electron chi connectivity index (χ2n) is 3.87. The molecule has 86 valence electrons. The van der Waals surface area contributed by atoms with Crippen molar-refractivity contribution in [3.8, 4) is 0 Å². The van der Waals surface area contributed by atoms with E-state index >= 15 is 0 Å². The summed E-state index contributed by atoms with van der Waals surface area (Å²) in [6.07, 6.45) is 2.28. The van der Waals surface area contributed by atoms with Crippen LogP contribution in [0.3, 0.4) is 0 Å². The molecule has 0 unspecified atom stereocenters. The summed E-state index contributed by atoms with van der Waals surface area (Å²) in [7, 11) is 0. The van der Waals surface area contributed by atoms with Crippen LogP contribution in [-0.4, -0.2) is 39.0 Å². The molecule has 6 nitrogen and oxygen atoms in total. The van der Waals surface area contributed by atoms with E-state index < -0.39 is 11.5 Å². The van der Waals surface area contributed by atoms with Crippen LogP contribution in [0.4, 0.5) is 0 Å². The van der Waals surface area contributed by atoms with Gasteiger partial charge in [-0.25, -0.2) is 9.78 Å². The highest BCUT2D eigenvalue weighted by Crippen LogP contribution is 2.09. The van der Waals surface area contributed by atoms with Gasteiger partial charge >= 0.3 is 5.97 Å². The van der Waals surface area contributed by atoms with Gasteiger partial charge in [0.1, 0.15) is 5.82 Å². The Balaban J connectivity index is 2.19. The third kappa shape index (κ3) is 2.46. The molecule has 2 rings (SSSR count). The summed E-state index contributed by atoms with van der Waals surface area (Å²) in [5.74, 6) is -0.749. The van der Waals surface area contributed by atoms with Crippen molar-refractivity contribution >= 4 is 5.97 Å². The number of carboxylic acid groups (broad SMARTS) is 1. The highest BCUT2D eigenvalue weighted by molar-refractivity contribution is 5.85. The third-order valence-corrected chi connectivity index (χ3v) is 2.58. The molecule has 1 aliphatic heterocycles. The molecular formula is C10H13N3O3. The van der Waals surface area contributed by atoms with Crippen LogP contribution in [0.1, 0.15) is 29.2 Å². The monoisotopic (exact) mass is 223 g/mol. The third-order valence-electron chi connectivity index (χ3n) is 2.58. The van der Waals surface area contributed by atoms with Gasteiger partial charge in [0.15, 0.2) is 5.69 Å². The van der Waals surface area contributed by atoms with Crippen LogP contribution in [0.5, 0.6) is 0 Å². The summed E-state index contributed by atoms with van der Waals surface area (Å²) in [4.78, 5) is 30.5. The maximum Gasteiger partial charge on any atom is 0.354 e. The molecule has 2 N–H and O–H groups in total. The lowest BCUT2D eigenvalue weighted by Gasteiger charge is -2.13. The summed E-state index contributed by atoms with van der Waals surface area (Å²) in [5, 5.41) is 8.77. The number of hydrogen-bond acceptors (Lipinski definition) is 4. The Bertz CT molecular complexity index is 449. The quantitative estimate of drug-likeness (QED) is 0.757. The minimum atomic E-state index is -1.17. The van der Waals surface area contributed by atoms with Crippen molar-refractivity contribution in [2.45, 2.75) is 19.4 Å². The summed E-state index contributed by atoms with van der Waals surface area (Å²) in [5.41, 5.74) is -0.612. The number of hydrogen-bond donors (Lipinski definition) is 2. The van der Waals surface area contributed by atoms with Crippen molar-refractivity contribution in [2.75, 3.05) is 13.1 Å². The molecule has 0 aliphatic carbocycles. The van der Waals surface area contributed by atoms with Crippen molar-refractivity contribution in [1.29, 1.82) is 0 Å². The predicted octanol–water partition coefficient (Wildman–Crippen LogP) is 0.0639. The zero-order valence-corrected chi connectivity index (χ0v) is 8.77. The number of nitrogens with one attached hydrogen (secondary N) is 1. The van der Waals surface area contributed by atoms with E-state index in [0.29, 0.717) is 12.4 Å². The summed E-state index contributed by atoms with van der Waals surface area (Å²) >= 11 is 0. The standard InChI is InChI=1S/C10H13N3O3/c14-9-5-7(10(15)16)11-8(12-9)6-13-3-1-2-4-13/h5H,1-4,6H2,(H,15,16)(H,11,12,14). The SMILES string of the molecule is O=C(O)c1cc(=O)[nH]c(CN2CCCC2)n1. The van der Waals surface area contributed by atoms with E-state index in [0.717, 1.165) is 32.0 Å². The molecule has 16 heavy (non-hydrogen) atoms. The van der Waals surface area contributed by atoms with E-state index in [1.165, 1.54) is 0 Å². The lowest BCUT2D eigenvalue weighted by atomic mass is 10.4. The molecular weight excluding hydrogens is 210 g/mol. The number of aromatic carboxylic acids is 1. The summed E-state index contributed by atoms with van der Waals surface area (Å²) in [6, 6.07) is 0.996. The van der Waals surface area contributed by atoms with Crippen molar-refractivity contribution in [3.63, 3.8) is 0 Å². The van der Waals surface area contributed by atoms with Gasteiger partial charge in [0.05, 0.1) is 6.54 Å².